The maximum absolute atomic E-state index is 4.39. The second-order valence-corrected chi connectivity index (χ2v) is 5.06. The Morgan fingerprint density at radius 1 is 1.40 bits per heavy atom. The molecule has 0 spiro atoms. The Labute approximate surface area is 98.2 Å². The molecule has 1 aromatic carbocycles. The van der Waals surface area contributed by atoms with Crippen LogP contribution in [0, 0.1) is 0 Å². The van der Waals surface area contributed by atoms with Crippen molar-refractivity contribution >= 4 is 39.2 Å². The standard InChI is InChI=1S/C11H14N2S2/c1-14-8-4-7-12-11-9-5-2-3-6-10(9)13-15-11/h2-3,5-6,12H,4,7-8H2,1H3. The van der Waals surface area contributed by atoms with E-state index in [0.717, 1.165) is 12.1 Å². The molecule has 0 aliphatic carbocycles. The highest BCUT2D eigenvalue weighted by Crippen LogP contribution is 2.26. The summed E-state index contributed by atoms with van der Waals surface area (Å²) in [4.78, 5) is 0. The molecule has 1 N–H and O–H groups in total. The van der Waals surface area contributed by atoms with E-state index in [1.54, 1.807) is 11.5 Å². The highest BCUT2D eigenvalue weighted by molar-refractivity contribution is 7.98. The molecule has 0 unspecified atom stereocenters. The molecule has 0 atom stereocenters. The minimum atomic E-state index is 1.03. The number of nitrogens with one attached hydrogen (secondary N) is 1. The fourth-order valence-electron chi connectivity index (χ4n) is 1.44. The minimum absolute atomic E-state index is 1.03. The minimum Gasteiger partial charge on any atom is -0.375 e. The number of thioether (sulfide) groups is 1. The van der Waals surface area contributed by atoms with Crippen LogP contribution in [0.4, 0.5) is 5.00 Å². The number of hydrogen-bond donors (Lipinski definition) is 1. The highest BCUT2D eigenvalue weighted by Gasteiger charge is 2.03. The molecule has 1 heterocycles. The first-order valence-corrected chi connectivity index (χ1v) is 7.16. The number of hydrogen-bond acceptors (Lipinski definition) is 4. The van der Waals surface area contributed by atoms with E-state index in [1.807, 2.05) is 17.8 Å². The molecule has 4 heteroatoms. The van der Waals surface area contributed by atoms with Gasteiger partial charge in [0.05, 0.1) is 5.52 Å². The Hall–Kier alpha value is -0.740. The average Bonchev–Trinajstić information content (AvgIpc) is 2.68. The van der Waals surface area contributed by atoms with Gasteiger partial charge in [0.25, 0.3) is 0 Å². The quantitative estimate of drug-likeness (QED) is 0.807. The van der Waals surface area contributed by atoms with Crippen molar-refractivity contribution in [2.24, 2.45) is 0 Å². The van der Waals surface area contributed by atoms with E-state index in [-0.39, 0.29) is 0 Å². The number of benzene rings is 1. The van der Waals surface area contributed by atoms with Crippen LogP contribution in [0.25, 0.3) is 10.9 Å². The Morgan fingerprint density at radius 2 is 2.27 bits per heavy atom. The summed E-state index contributed by atoms with van der Waals surface area (Å²) in [7, 11) is 0. The number of anilines is 1. The predicted molar refractivity (Wildman–Crippen MR) is 71.1 cm³/mol. The lowest BCUT2D eigenvalue weighted by Gasteiger charge is -2.02. The van der Waals surface area contributed by atoms with Crippen LogP contribution in [0.3, 0.4) is 0 Å². The van der Waals surface area contributed by atoms with Gasteiger partial charge in [-0.1, -0.05) is 12.1 Å². The van der Waals surface area contributed by atoms with Crippen LogP contribution < -0.4 is 5.32 Å². The third-order valence-electron chi connectivity index (χ3n) is 2.19. The van der Waals surface area contributed by atoms with Gasteiger partial charge < -0.3 is 5.32 Å². The molecule has 2 nitrogen and oxygen atoms in total. The number of fused-ring (bicyclic) bond motifs is 1. The molecule has 0 saturated carbocycles. The van der Waals surface area contributed by atoms with E-state index in [4.69, 9.17) is 0 Å². The van der Waals surface area contributed by atoms with Crippen molar-refractivity contribution in [2.75, 3.05) is 23.9 Å². The predicted octanol–water partition coefficient (Wildman–Crippen LogP) is 3.46. The van der Waals surface area contributed by atoms with Gasteiger partial charge in [-0.15, -0.1) is 0 Å². The molecule has 0 bridgehead atoms. The molecule has 0 aliphatic heterocycles. The summed E-state index contributed by atoms with van der Waals surface area (Å²) < 4.78 is 4.39. The second kappa shape index (κ2) is 5.37. The Balaban J connectivity index is 2.02. The Morgan fingerprint density at radius 3 is 3.13 bits per heavy atom. The molecule has 0 radical (unpaired) electrons. The van der Waals surface area contributed by atoms with Crippen molar-refractivity contribution in [1.29, 1.82) is 0 Å². The lowest BCUT2D eigenvalue weighted by atomic mass is 10.2. The summed E-state index contributed by atoms with van der Waals surface area (Å²) in [5.41, 5.74) is 1.09. The molecule has 2 rings (SSSR count). The van der Waals surface area contributed by atoms with E-state index >= 15 is 0 Å². The summed E-state index contributed by atoms with van der Waals surface area (Å²) in [6.07, 6.45) is 3.34. The van der Waals surface area contributed by atoms with Crippen LogP contribution in [0.1, 0.15) is 6.42 Å². The van der Waals surface area contributed by atoms with E-state index in [2.05, 4.69) is 34.1 Å². The zero-order chi connectivity index (χ0) is 10.5. The summed E-state index contributed by atoms with van der Waals surface area (Å²) in [5, 5.41) is 5.89. The molecule has 2 aromatic rings. The van der Waals surface area contributed by atoms with Crippen LogP contribution in [0.15, 0.2) is 24.3 Å². The molecule has 0 fully saturated rings. The van der Waals surface area contributed by atoms with E-state index < -0.39 is 0 Å². The first-order valence-electron chi connectivity index (χ1n) is 4.99. The van der Waals surface area contributed by atoms with E-state index in [1.165, 1.54) is 22.6 Å². The zero-order valence-corrected chi connectivity index (χ0v) is 10.3. The zero-order valence-electron chi connectivity index (χ0n) is 8.69. The van der Waals surface area contributed by atoms with Gasteiger partial charge in [0, 0.05) is 11.9 Å². The first-order chi connectivity index (χ1) is 7.42. The summed E-state index contributed by atoms with van der Waals surface area (Å²) in [6.45, 7) is 1.03. The summed E-state index contributed by atoms with van der Waals surface area (Å²) in [6, 6.07) is 8.26. The maximum Gasteiger partial charge on any atom is 0.117 e. The van der Waals surface area contributed by atoms with Gasteiger partial charge in [-0.3, -0.25) is 0 Å². The molecule has 0 amide bonds. The third-order valence-corrected chi connectivity index (χ3v) is 3.73. The lowest BCUT2D eigenvalue weighted by Crippen LogP contribution is -2.00. The van der Waals surface area contributed by atoms with Gasteiger partial charge in [0.2, 0.25) is 0 Å². The van der Waals surface area contributed by atoms with Gasteiger partial charge >= 0.3 is 0 Å². The SMILES string of the molecule is CSCCCNc1snc2ccccc12. The Kier molecular flexibility index (Phi) is 3.86. The second-order valence-electron chi connectivity index (χ2n) is 3.30. The molecular weight excluding hydrogens is 224 g/mol. The van der Waals surface area contributed by atoms with Crippen LogP contribution in [-0.4, -0.2) is 22.9 Å². The van der Waals surface area contributed by atoms with Crippen LogP contribution >= 0.6 is 23.3 Å². The van der Waals surface area contributed by atoms with Crippen molar-refractivity contribution in [2.45, 2.75) is 6.42 Å². The molecular formula is C11H14N2S2. The van der Waals surface area contributed by atoms with Crippen molar-refractivity contribution in [1.82, 2.24) is 4.37 Å². The van der Waals surface area contributed by atoms with E-state index in [9.17, 15) is 0 Å². The van der Waals surface area contributed by atoms with Crippen molar-refractivity contribution in [3.05, 3.63) is 24.3 Å². The number of aromatic nitrogens is 1. The fourth-order valence-corrected chi connectivity index (χ4v) is 2.65. The summed E-state index contributed by atoms with van der Waals surface area (Å²) >= 11 is 3.44. The largest absolute Gasteiger partial charge is 0.375 e. The molecule has 80 valence electrons. The Bertz CT molecular complexity index is 425. The lowest BCUT2D eigenvalue weighted by molar-refractivity contribution is 0.999. The fraction of sp³-hybridized carbons (Fsp3) is 0.364. The molecule has 15 heavy (non-hydrogen) atoms. The molecule has 0 saturated heterocycles. The molecule has 1 aromatic heterocycles. The van der Waals surface area contributed by atoms with Gasteiger partial charge in [0.1, 0.15) is 5.00 Å². The number of rotatable bonds is 5. The van der Waals surface area contributed by atoms with Gasteiger partial charge in [0.15, 0.2) is 0 Å². The molecule has 0 aliphatic rings. The van der Waals surface area contributed by atoms with E-state index in [0.29, 0.717) is 0 Å². The van der Waals surface area contributed by atoms with Gasteiger partial charge in [-0.2, -0.15) is 16.1 Å². The van der Waals surface area contributed by atoms with Crippen molar-refractivity contribution < 1.29 is 0 Å². The maximum atomic E-state index is 4.39. The summed E-state index contributed by atoms with van der Waals surface area (Å²) in [5.74, 6) is 1.21. The third kappa shape index (κ3) is 2.63. The van der Waals surface area contributed by atoms with Crippen molar-refractivity contribution in [3.8, 4) is 0 Å². The normalized spacial score (nSPS) is 10.7. The number of nitrogens with zero attached hydrogens (tertiary/aromatic N) is 1. The van der Waals surface area contributed by atoms with Crippen LogP contribution in [-0.2, 0) is 0 Å². The first kappa shape index (κ1) is 10.8. The van der Waals surface area contributed by atoms with Gasteiger partial charge in [-0.05, 0) is 42.1 Å². The van der Waals surface area contributed by atoms with Crippen LogP contribution in [0.5, 0.6) is 0 Å². The smallest absolute Gasteiger partial charge is 0.117 e. The van der Waals surface area contributed by atoms with Crippen LogP contribution in [0.2, 0.25) is 0 Å². The monoisotopic (exact) mass is 238 g/mol. The average molecular weight is 238 g/mol. The van der Waals surface area contributed by atoms with Crippen molar-refractivity contribution in [3.63, 3.8) is 0 Å². The highest BCUT2D eigenvalue weighted by atomic mass is 32.2. The topological polar surface area (TPSA) is 24.9 Å². The van der Waals surface area contributed by atoms with Gasteiger partial charge in [-0.25, -0.2) is 0 Å².